The summed E-state index contributed by atoms with van der Waals surface area (Å²) in [5, 5.41) is 0. The zero-order chi connectivity index (χ0) is 8.98. The van der Waals surface area contributed by atoms with Crippen LogP contribution < -0.4 is 0 Å². The maximum absolute atomic E-state index is 12.0. The number of carbonyl (C=O) groups is 1. The van der Waals surface area contributed by atoms with Gasteiger partial charge in [-0.25, -0.2) is 0 Å². The monoisotopic (exact) mass is 164 g/mol. The van der Waals surface area contributed by atoms with E-state index in [1.807, 2.05) is 0 Å². The summed E-state index contributed by atoms with van der Waals surface area (Å²) in [4.78, 5) is 12.0. The third-order valence-electron chi connectivity index (χ3n) is 3.70. The number of carbonyl (C=O) groups excluding carboxylic acids is 1. The van der Waals surface area contributed by atoms with Gasteiger partial charge in [-0.1, -0.05) is 26.0 Å². The van der Waals surface area contributed by atoms with Gasteiger partial charge in [0.25, 0.3) is 0 Å². The average molecular weight is 164 g/mol. The molecule has 3 aliphatic carbocycles. The van der Waals surface area contributed by atoms with Gasteiger partial charge >= 0.3 is 0 Å². The Bertz CT molecular complexity index is 262. The third-order valence-corrected chi connectivity index (χ3v) is 3.70. The maximum atomic E-state index is 12.0. The number of fused-ring (bicyclic) bond motifs is 2. The number of Topliss-reactive ketones (excluding diaryl/α,β-unsaturated/α-hetero) is 1. The van der Waals surface area contributed by atoms with Gasteiger partial charge in [0.2, 0.25) is 0 Å². The molecular formula is C11H16O. The minimum Gasteiger partial charge on any atom is -0.298 e. The first kappa shape index (κ1) is 8.03. The van der Waals surface area contributed by atoms with E-state index in [2.05, 4.69) is 32.9 Å². The summed E-state index contributed by atoms with van der Waals surface area (Å²) < 4.78 is 0. The van der Waals surface area contributed by atoms with Crippen LogP contribution in [0.4, 0.5) is 0 Å². The first-order valence-electron chi connectivity index (χ1n) is 4.71. The Morgan fingerprint density at radius 3 is 2.42 bits per heavy atom. The molecule has 0 spiro atoms. The molecule has 0 saturated heterocycles. The number of hydrogen-bond acceptors (Lipinski definition) is 1. The van der Waals surface area contributed by atoms with E-state index in [0.717, 1.165) is 6.42 Å². The first-order chi connectivity index (χ1) is 5.47. The van der Waals surface area contributed by atoms with E-state index < -0.39 is 0 Å². The van der Waals surface area contributed by atoms with Crippen LogP contribution in [0.5, 0.6) is 0 Å². The predicted octanol–water partition coefficient (Wildman–Crippen LogP) is 2.57. The van der Waals surface area contributed by atoms with Crippen molar-refractivity contribution in [1.29, 1.82) is 0 Å². The summed E-state index contributed by atoms with van der Waals surface area (Å²) in [6, 6.07) is 0. The van der Waals surface area contributed by atoms with Crippen molar-refractivity contribution in [2.45, 2.75) is 33.6 Å². The van der Waals surface area contributed by atoms with E-state index in [0.29, 0.717) is 11.7 Å². The summed E-state index contributed by atoms with van der Waals surface area (Å²) in [7, 11) is 0. The molecule has 66 valence electrons. The highest BCUT2D eigenvalue weighted by Crippen LogP contribution is 2.51. The molecule has 1 heteroatoms. The lowest BCUT2D eigenvalue weighted by molar-refractivity contribution is -0.141. The molecule has 2 atom stereocenters. The minimum atomic E-state index is -0.141. The Balaban J connectivity index is 2.50. The number of rotatable bonds is 0. The molecule has 0 heterocycles. The molecule has 2 bridgehead atoms. The topological polar surface area (TPSA) is 17.1 Å². The van der Waals surface area contributed by atoms with E-state index >= 15 is 0 Å². The van der Waals surface area contributed by atoms with E-state index in [4.69, 9.17) is 0 Å². The highest BCUT2D eigenvalue weighted by Gasteiger charge is 2.51. The lowest BCUT2D eigenvalue weighted by Gasteiger charge is -2.48. The smallest absolute Gasteiger partial charge is 0.148 e. The number of ketones is 1. The largest absolute Gasteiger partial charge is 0.298 e. The van der Waals surface area contributed by atoms with Crippen LogP contribution in [-0.2, 0) is 4.79 Å². The molecule has 0 aromatic carbocycles. The van der Waals surface area contributed by atoms with Gasteiger partial charge in [0.05, 0.1) is 0 Å². The molecule has 12 heavy (non-hydrogen) atoms. The number of allylic oxidation sites excluding steroid dienone is 2. The van der Waals surface area contributed by atoms with E-state index in [1.165, 1.54) is 6.42 Å². The lowest BCUT2D eigenvalue weighted by Crippen LogP contribution is -2.49. The van der Waals surface area contributed by atoms with Crippen molar-refractivity contribution in [3.05, 3.63) is 12.2 Å². The number of hydrogen-bond donors (Lipinski definition) is 0. The van der Waals surface area contributed by atoms with Crippen molar-refractivity contribution in [1.82, 2.24) is 0 Å². The molecular weight excluding hydrogens is 148 g/mol. The van der Waals surface area contributed by atoms with Gasteiger partial charge in [0, 0.05) is 10.8 Å². The van der Waals surface area contributed by atoms with Crippen LogP contribution >= 0.6 is 0 Å². The highest BCUT2D eigenvalue weighted by molar-refractivity contribution is 5.93. The van der Waals surface area contributed by atoms with Crippen LogP contribution in [0.25, 0.3) is 0 Å². The zero-order valence-corrected chi connectivity index (χ0v) is 8.05. The van der Waals surface area contributed by atoms with Gasteiger partial charge in [0.1, 0.15) is 5.78 Å². The third kappa shape index (κ3) is 0.769. The lowest BCUT2D eigenvalue weighted by atomic mass is 9.54. The quantitative estimate of drug-likeness (QED) is 0.503. The summed E-state index contributed by atoms with van der Waals surface area (Å²) >= 11 is 0. The first-order valence-corrected chi connectivity index (χ1v) is 4.71. The molecule has 0 N–H and O–H groups in total. The second-order valence-corrected chi connectivity index (χ2v) is 4.97. The van der Waals surface area contributed by atoms with Crippen molar-refractivity contribution in [2.24, 2.45) is 16.7 Å². The molecule has 0 aromatic heterocycles. The molecule has 1 saturated carbocycles. The fourth-order valence-electron chi connectivity index (χ4n) is 2.66. The Labute approximate surface area is 73.8 Å². The van der Waals surface area contributed by atoms with Crippen LogP contribution in [-0.4, -0.2) is 5.78 Å². The Morgan fingerprint density at radius 2 is 2.08 bits per heavy atom. The SMILES string of the molecule is CC1(C)C(=O)[C@]2(C)C=C[C@H]1CC2. The van der Waals surface area contributed by atoms with E-state index in [1.54, 1.807) is 0 Å². The van der Waals surface area contributed by atoms with Crippen LogP contribution in [0.1, 0.15) is 33.6 Å². The van der Waals surface area contributed by atoms with Gasteiger partial charge in [-0.05, 0) is 25.7 Å². The zero-order valence-electron chi connectivity index (χ0n) is 8.05. The summed E-state index contributed by atoms with van der Waals surface area (Å²) in [6.07, 6.45) is 6.60. The summed E-state index contributed by atoms with van der Waals surface area (Å²) in [5.41, 5.74) is -0.250. The standard InChI is InChI=1S/C11H16O/c1-10(2)8-4-6-11(3,7-5-8)9(10)12/h4,6,8H,5,7H2,1-3H3/t8-,11+/m0/s1. The minimum absolute atomic E-state index is 0.109. The van der Waals surface area contributed by atoms with Crippen LogP contribution in [0, 0.1) is 16.7 Å². The van der Waals surface area contributed by atoms with Crippen LogP contribution in [0.3, 0.4) is 0 Å². The van der Waals surface area contributed by atoms with E-state index in [-0.39, 0.29) is 10.8 Å². The molecule has 1 nitrogen and oxygen atoms in total. The van der Waals surface area contributed by atoms with Gasteiger partial charge in [-0.15, -0.1) is 0 Å². The molecule has 0 amide bonds. The molecule has 0 aliphatic heterocycles. The van der Waals surface area contributed by atoms with Crippen molar-refractivity contribution < 1.29 is 4.79 Å². The predicted molar refractivity (Wildman–Crippen MR) is 48.8 cm³/mol. The molecule has 0 unspecified atom stereocenters. The van der Waals surface area contributed by atoms with Crippen molar-refractivity contribution in [2.75, 3.05) is 0 Å². The maximum Gasteiger partial charge on any atom is 0.148 e. The van der Waals surface area contributed by atoms with Crippen LogP contribution in [0.15, 0.2) is 12.2 Å². The fourth-order valence-corrected chi connectivity index (χ4v) is 2.66. The van der Waals surface area contributed by atoms with Gasteiger partial charge in [-0.3, -0.25) is 4.79 Å². The van der Waals surface area contributed by atoms with Crippen molar-refractivity contribution in [3.8, 4) is 0 Å². The second-order valence-electron chi connectivity index (χ2n) is 4.97. The molecule has 3 rings (SSSR count). The van der Waals surface area contributed by atoms with Gasteiger partial charge in [-0.2, -0.15) is 0 Å². The van der Waals surface area contributed by atoms with Crippen molar-refractivity contribution >= 4 is 5.78 Å². The summed E-state index contributed by atoms with van der Waals surface area (Å²) in [6.45, 7) is 6.24. The van der Waals surface area contributed by atoms with Crippen molar-refractivity contribution in [3.63, 3.8) is 0 Å². The summed E-state index contributed by atoms with van der Waals surface area (Å²) in [5.74, 6) is 0.931. The van der Waals surface area contributed by atoms with Gasteiger partial charge < -0.3 is 0 Å². The Kier molecular flexibility index (Phi) is 1.35. The molecule has 0 aromatic rings. The van der Waals surface area contributed by atoms with E-state index in [9.17, 15) is 4.79 Å². The van der Waals surface area contributed by atoms with Gasteiger partial charge in [0.15, 0.2) is 0 Å². The molecule has 3 aliphatic rings. The second kappa shape index (κ2) is 2.01. The Morgan fingerprint density at radius 1 is 1.42 bits per heavy atom. The average Bonchev–Trinajstić information content (AvgIpc) is 2.01. The normalized spacial score (nSPS) is 43.6. The Hall–Kier alpha value is -0.590. The molecule has 0 radical (unpaired) electrons. The molecule has 1 fully saturated rings. The fraction of sp³-hybridized carbons (Fsp3) is 0.727. The van der Waals surface area contributed by atoms with Crippen LogP contribution in [0.2, 0.25) is 0 Å². The highest BCUT2D eigenvalue weighted by atomic mass is 16.1.